The van der Waals surface area contributed by atoms with E-state index in [2.05, 4.69) is 24.7 Å². The van der Waals surface area contributed by atoms with E-state index in [-0.39, 0.29) is 87.9 Å². The van der Waals surface area contributed by atoms with E-state index in [0.717, 1.165) is 37.8 Å². The maximum atomic E-state index is 15.8. The molecule has 1 aliphatic carbocycles. The molecule has 0 aliphatic heterocycles. The summed E-state index contributed by atoms with van der Waals surface area (Å²) in [5.74, 6) is -0.435. The number of nitrogens with one attached hydrogen (secondary N) is 1. The standard InChI is InChI=1S/C33H37FN6O5.K.H/c1-4-7-28-26(16-20-10-15-24(27(34)17-20)23-8-5-6-9-25(23)29-37-32(42)45-38-29)30(41)39(31-35-19-36-40(28)31)21-11-13-22(14-12-21)44-18-33(2,3)43;;/h5-6,8-10,15,17,19,21-22,43H,4,7,11-14,16,18H2,1-3H3,(H,37,38,42);;/t21-,22-;;. The van der Waals surface area contributed by atoms with Gasteiger partial charge in [0.15, 0.2) is 5.82 Å². The van der Waals surface area contributed by atoms with Crippen molar-refractivity contribution in [3.8, 4) is 22.5 Å². The molecule has 2 aromatic carbocycles. The van der Waals surface area contributed by atoms with Crippen LogP contribution in [-0.2, 0) is 17.6 Å². The number of fused-ring (bicyclic) bond motifs is 1. The average molecular weight is 657 g/mol. The number of hydrogen-bond donors (Lipinski definition) is 2. The maximum absolute atomic E-state index is 15.8. The van der Waals surface area contributed by atoms with Crippen molar-refractivity contribution in [2.24, 2.45) is 0 Å². The molecular weight excluding hydrogens is 618 g/mol. The van der Waals surface area contributed by atoms with E-state index in [0.29, 0.717) is 40.0 Å². The van der Waals surface area contributed by atoms with Gasteiger partial charge in [-0.25, -0.2) is 13.7 Å². The van der Waals surface area contributed by atoms with E-state index >= 15 is 4.39 Å². The van der Waals surface area contributed by atoms with Crippen molar-refractivity contribution < 1.29 is 18.8 Å². The van der Waals surface area contributed by atoms with Crippen molar-refractivity contribution in [2.75, 3.05) is 6.61 Å². The number of halogens is 1. The van der Waals surface area contributed by atoms with Crippen LogP contribution < -0.4 is 11.3 Å². The van der Waals surface area contributed by atoms with Gasteiger partial charge in [-0.15, -0.1) is 0 Å². The molecule has 0 atom stereocenters. The van der Waals surface area contributed by atoms with Gasteiger partial charge < -0.3 is 9.84 Å². The molecule has 0 unspecified atom stereocenters. The van der Waals surface area contributed by atoms with Crippen LogP contribution in [0.5, 0.6) is 0 Å². The van der Waals surface area contributed by atoms with Gasteiger partial charge in [0.05, 0.1) is 24.0 Å². The zero-order valence-corrected chi connectivity index (χ0v) is 25.6. The molecule has 11 nitrogen and oxygen atoms in total. The molecule has 1 fully saturated rings. The number of aliphatic hydroxyl groups is 1. The van der Waals surface area contributed by atoms with Gasteiger partial charge in [0.1, 0.15) is 12.1 Å². The van der Waals surface area contributed by atoms with Gasteiger partial charge in [0.2, 0.25) is 5.78 Å². The SMILES string of the molecule is CCCc1c(Cc2ccc(-c3ccccc3-c3noc(=O)[nH]3)c(F)c2)c(=O)n([C@H]2CC[C@H](OCC(C)(C)O)CC2)c2ncnn12.[KH]. The van der Waals surface area contributed by atoms with Crippen LogP contribution in [0.2, 0.25) is 0 Å². The molecule has 0 bridgehead atoms. The normalized spacial score (nSPS) is 16.9. The Balaban J connectivity index is 0.00000417. The van der Waals surface area contributed by atoms with Crippen molar-refractivity contribution in [2.45, 2.75) is 83.5 Å². The fraction of sp³-hybridized carbons (Fsp3) is 0.424. The van der Waals surface area contributed by atoms with Crippen LogP contribution in [0.3, 0.4) is 0 Å². The zero-order chi connectivity index (χ0) is 31.7. The number of nitrogens with zero attached hydrogens (tertiary/aromatic N) is 5. The number of H-pyrrole nitrogens is 1. The quantitative estimate of drug-likeness (QED) is 0.213. The molecule has 0 radical (unpaired) electrons. The number of ether oxygens (including phenoxy) is 1. The third kappa shape index (κ3) is 7.35. The summed E-state index contributed by atoms with van der Waals surface area (Å²) < 4.78 is 29.9. The molecule has 3 heterocycles. The van der Waals surface area contributed by atoms with Crippen molar-refractivity contribution in [3.63, 3.8) is 0 Å². The van der Waals surface area contributed by atoms with Gasteiger partial charge in [0.25, 0.3) is 5.56 Å². The number of aryl methyl sites for hydroxylation is 1. The van der Waals surface area contributed by atoms with Crippen LogP contribution in [0.4, 0.5) is 4.39 Å². The van der Waals surface area contributed by atoms with Crippen LogP contribution in [0.25, 0.3) is 28.3 Å². The van der Waals surface area contributed by atoms with Crippen molar-refractivity contribution in [1.29, 1.82) is 0 Å². The van der Waals surface area contributed by atoms with Crippen LogP contribution in [0, 0.1) is 5.82 Å². The van der Waals surface area contributed by atoms with Crippen molar-refractivity contribution >= 4 is 57.2 Å². The molecule has 46 heavy (non-hydrogen) atoms. The fourth-order valence-electron chi connectivity index (χ4n) is 6.23. The summed E-state index contributed by atoms with van der Waals surface area (Å²) in [4.78, 5) is 32.8. The van der Waals surface area contributed by atoms with Gasteiger partial charge in [0, 0.05) is 29.2 Å². The molecule has 1 saturated carbocycles. The van der Waals surface area contributed by atoms with Gasteiger partial charge >= 0.3 is 57.1 Å². The summed E-state index contributed by atoms with van der Waals surface area (Å²) in [5.41, 5.74) is 2.37. The molecule has 5 aromatic rings. The molecule has 0 amide bonds. The Morgan fingerprint density at radius 2 is 1.83 bits per heavy atom. The number of aromatic amines is 1. The van der Waals surface area contributed by atoms with Gasteiger partial charge in [-0.2, -0.15) is 10.1 Å². The number of rotatable bonds is 10. The predicted octanol–water partition coefficient (Wildman–Crippen LogP) is 4.21. The summed E-state index contributed by atoms with van der Waals surface area (Å²) in [6.07, 6.45) is 6.11. The number of aromatic nitrogens is 6. The van der Waals surface area contributed by atoms with Crippen molar-refractivity contribution in [3.05, 3.63) is 92.3 Å². The second-order valence-corrected chi connectivity index (χ2v) is 12.4. The molecule has 3 aromatic heterocycles. The third-order valence-corrected chi connectivity index (χ3v) is 8.32. The Morgan fingerprint density at radius 1 is 1.09 bits per heavy atom. The first-order valence-corrected chi connectivity index (χ1v) is 15.4. The third-order valence-electron chi connectivity index (χ3n) is 8.32. The van der Waals surface area contributed by atoms with Crippen LogP contribution in [0.1, 0.15) is 75.7 Å². The molecule has 0 saturated heterocycles. The minimum atomic E-state index is -0.899. The molecule has 238 valence electrons. The van der Waals surface area contributed by atoms with E-state index in [9.17, 15) is 14.7 Å². The van der Waals surface area contributed by atoms with Crippen LogP contribution in [0.15, 0.2) is 62.9 Å². The molecule has 13 heteroatoms. The molecule has 6 rings (SSSR count). The van der Waals surface area contributed by atoms with E-state index < -0.39 is 17.2 Å². The summed E-state index contributed by atoms with van der Waals surface area (Å²) in [5, 5.41) is 18.3. The summed E-state index contributed by atoms with van der Waals surface area (Å²) in [6.45, 7) is 5.74. The molecule has 1 aliphatic rings. The Kier molecular flexibility index (Phi) is 10.9. The first kappa shape index (κ1) is 34.5. The summed E-state index contributed by atoms with van der Waals surface area (Å²) in [6, 6.07) is 11.9. The molecule has 0 spiro atoms. The van der Waals surface area contributed by atoms with Crippen molar-refractivity contribution in [1.82, 2.24) is 29.3 Å². The van der Waals surface area contributed by atoms with E-state index in [1.807, 2.05) is 13.0 Å². The van der Waals surface area contributed by atoms with E-state index in [1.165, 1.54) is 12.4 Å². The Hall–Kier alpha value is -2.78. The zero-order valence-electron chi connectivity index (χ0n) is 25.6. The Labute approximate surface area is 307 Å². The van der Waals surface area contributed by atoms with E-state index in [4.69, 9.17) is 4.74 Å². The monoisotopic (exact) mass is 656 g/mol. The Bertz CT molecular complexity index is 1930. The number of hydrogen-bond acceptors (Lipinski definition) is 8. The van der Waals surface area contributed by atoms with Crippen LogP contribution in [-0.4, -0.2) is 104 Å². The van der Waals surface area contributed by atoms with Crippen LogP contribution >= 0.6 is 0 Å². The molecular formula is C33H38FKN6O5. The van der Waals surface area contributed by atoms with Gasteiger partial charge in [-0.3, -0.25) is 18.9 Å². The Morgan fingerprint density at radius 3 is 2.48 bits per heavy atom. The predicted molar refractivity (Wildman–Crippen MR) is 173 cm³/mol. The second kappa shape index (κ2) is 14.5. The topological polar surface area (TPSA) is 141 Å². The summed E-state index contributed by atoms with van der Waals surface area (Å²) in [7, 11) is 0. The minimum absolute atomic E-state index is 0. The second-order valence-electron chi connectivity index (χ2n) is 12.4. The number of benzene rings is 2. The summed E-state index contributed by atoms with van der Waals surface area (Å²) >= 11 is 0. The fourth-order valence-corrected chi connectivity index (χ4v) is 6.23. The first-order chi connectivity index (χ1) is 21.6. The average Bonchev–Trinajstić information content (AvgIpc) is 3.68. The van der Waals surface area contributed by atoms with Gasteiger partial charge in [-0.1, -0.05) is 54.9 Å². The van der Waals surface area contributed by atoms with E-state index in [1.54, 1.807) is 53.3 Å². The van der Waals surface area contributed by atoms with Gasteiger partial charge in [-0.05, 0) is 63.1 Å². The molecule has 2 N–H and O–H groups in total. The first-order valence-electron chi connectivity index (χ1n) is 15.4.